The molecule has 0 fully saturated rings. The summed E-state index contributed by atoms with van der Waals surface area (Å²) in [6.45, 7) is 2.87. The van der Waals surface area contributed by atoms with E-state index in [1.54, 1.807) is 30.6 Å². The topological polar surface area (TPSA) is 15.6 Å². The van der Waals surface area contributed by atoms with Gasteiger partial charge in [0.2, 0.25) is 0 Å². The average molecular weight is 374 g/mol. The van der Waals surface area contributed by atoms with Gasteiger partial charge in [0, 0.05) is 18.6 Å². The number of halogens is 4. The molecule has 0 heterocycles. The molecule has 2 aromatic carbocycles. The number of benzene rings is 2. The molecule has 122 valence electrons. The third kappa shape index (κ3) is 4.84. The number of nitrogens with zero attached hydrogens (tertiary/aromatic N) is 2. The minimum Gasteiger partial charge on any atom is -0.366 e. The molecule has 6 heteroatoms. The van der Waals surface area contributed by atoms with Crippen LogP contribution in [0.25, 0.3) is 0 Å². The second-order valence-corrected chi connectivity index (χ2v) is 6.36. The van der Waals surface area contributed by atoms with Crippen molar-refractivity contribution in [2.24, 2.45) is 4.99 Å². The van der Waals surface area contributed by atoms with Crippen LogP contribution in [0.3, 0.4) is 0 Å². The second kappa shape index (κ2) is 8.00. The summed E-state index contributed by atoms with van der Waals surface area (Å²) in [6, 6.07) is 8.10. The summed E-state index contributed by atoms with van der Waals surface area (Å²) in [5.74, 6) is -0.440. The van der Waals surface area contributed by atoms with Crippen molar-refractivity contribution in [1.29, 1.82) is 0 Å². The van der Waals surface area contributed by atoms with Crippen LogP contribution in [-0.4, -0.2) is 24.8 Å². The fourth-order valence-electron chi connectivity index (χ4n) is 1.92. The Morgan fingerprint density at radius 1 is 1.09 bits per heavy atom. The third-order valence-corrected chi connectivity index (χ3v) is 4.33. The van der Waals surface area contributed by atoms with Gasteiger partial charge in [0.25, 0.3) is 0 Å². The second-order valence-electron chi connectivity index (χ2n) is 5.14. The predicted octanol–water partition coefficient (Wildman–Crippen LogP) is 5.99. The van der Waals surface area contributed by atoms with Gasteiger partial charge >= 0.3 is 0 Å². The lowest BCUT2D eigenvalue weighted by atomic mass is 10.0. The lowest BCUT2D eigenvalue weighted by molar-refractivity contribution is 0.552. The fraction of sp³-hybridized carbons (Fsp3) is 0.235. The van der Waals surface area contributed by atoms with Crippen LogP contribution in [0.15, 0.2) is 35.3 Å². The van der Waals surface area contributed by atoms with E-state index < -0.39 is 5.82 Å². The molecule has 0 spiro atoms. The van der Waals surface area contributed by atoms with Crippen LogP contribution in [0, 0.1) is 5.82 Å². The minimum atomic E-state index is -0.440. The van der Waals surface area contributed by atoms with E-state index in [0.29, 0.717) is 22.2 Å². The highest BCUT2D eigenvalue weighted by Gasteiger charge is 2.09. The zero-order chi connectivity index (χ0) is 17.0. The molecule has 0 saturated heterocycles. The Bertz CT molecular complexity index is 732. The van der Waals surface area contributed by atoms with Crippen LogP contribution in [-0.2, 0) is 6.42 Å². The molecule has 2 nitrogen and oxygen atoms in total. The molecular formula is C17H16Cl3FN2. The van der Waals surface area contributed by atoms with Crippen molar-refractivity contribution in [3.8, 4) is 0 Å². The van der Waals surface area contributed by atoms with Crippen molar-refractivity contribution in [3.63, 3.8) is 0 Å². The lowest BCUT2D eigenvalue weighted by Gasteiger charge is -2.10. The molecule has 2 rings (SSSR count). The summed E-state index contributed by atoms with van der Waals surface area (Å²) < 4.78 is 13.2. The average Bonchev–Trinajstić information content (AvgIpc) is 2.52. The van der Waals surface area contributed by atoms with Gasteiger partial charge in [-0.25, -0.2) is 9.38 Å². The zero-order valence-electron chi connectivity index (χ0n) is 12.8. The molecule has 0 unspecified atom stereocenters. The van der Waals surface area contributed by atoms with E-state index in [1.807, 2.05) is 18.9 Å². The van der Waals surface area contributed by atoms with E-state index in [9.17, 15) is 4.39 Å². The summed E-state index contributed by atoms with van der Waals surface area (Å²) in [5, 5.41) is 1.16. The van der Waals surface area contributed by atoms with Gasteiger partial charge in [0.15, 0.2) is 0 Å². The number of rotatable bonds is 5. The van der Waals surface area contributed by atoms with Crippen molar-refractivity contribution in [2.45, 2.75) is 13.3 Å². The standard InChI is InChI=1S/C17H16Cl3FN2/c1-3-23(2)10-22-17-9-13(18)12(8-15(17)20)6-11-4-5-16(21)14(19)7-11/h4-5,7-10H,3,6H2,1-2H3/b22-10-. The summed E-state index contributed by atoms with van der Waals surface area (Å²) in [4.78, 5) is 6.25. The first-order valence-corrected chi connectivity index (χ1v) is 8.20. The van der Waals surface area contributed by atoms with Crippen molar-refractivity contribution in [3.05, 3.63) is 62.3 Å². The lowest BCUT2D eigenvalue weighted by Crippen LogP contribution is -2.14. The SMILES string of the molecule is CCN(C)/C=N\c1cc(Cl)c(Cc2ccc(F)c(Cl)c2)cc1Cl. The Kier molecular flexibility index (Phi) is 6.28. The largest absolute Gasteiger partial charge is 0.366 e. The van der Waals surface area contributed by atoms with Crippen LogP contribution in [0.4, 0.5) is 10.1 Å². The molecular weight excluding hydrogens is 358 g/mol. The van der Waals surface area contributed by atoms with Crippen molar-refractivity contribution >= 4 is 46.8 Å². The maximum atomic E-state index is 13.2. The first-order chi connectivity index (χ1) is 10.9. The van der Waals surface area contributed by atoms with Crippen LogP contribution >= 0.6 is 34.8 Å². The molecule has 23 heavy (non-hydrogen) atoms. The Hall–Kier alpha value is -1.29. The van der Waals surface area contributed by atoms with Gasteiger partial charge in [-0.2, -0.15) is 0 Å². The van der Waals surface area contributed by atoms with Gasteiger partial charge in [-0.05, 0) is 48.7 Å². The predicted molar refractivity (Wildman–Crippen MR) is 97.1 cm³/mol. The molecule has 2 aromatic rings. The molecule has 0 atom stereocenters. The van der Waals surface area contributed by atoms with Crippen molar-refractivity contribution in [1.82, 2.24) is 4.90 Å². The number of hydrogen-bond donors (Lipinski definition) is 0. The van der Waals surface area contributed by atoms with Crippen LogP contribution in [0.5, 0.6) is 0 Å². The molecule has 0 N–H and O–H groups in total. The fourth-order valence-corrected chi connectivity index (χ4v) is 2.59. The summed E-state index contributed by atoms with van der Waals surface area (Å²) >= 11 is 18.4. The first kappa shape index (κ1) is 18.1. The third-order valence-electron chi connectivity index (χ3n) is 3.39. The molecule has 0 bridgehead atoms. The van der Waals surface area contributed by atoms with E-state index in [2.05, 4.69) is 4.99 Å². The summed E-state index contributed by atoms with van der Waals surface area (Å²) in [5.41, 5.74) is 2.30. The summed E-state index contributed by atoms with van der Waals surface area (Å²) in [7, 11) is 1.92. The first-order valence-electron chi connectivity index (χ1n) is 7.07. The van der Waals surface area contributed by atoms with E-state index in [4.69, 9.17) is 34.8 Å². The summed E-state index contributed by atoms with van der Waals surface area (Å²) in [6.07, 6.45) is 2.22. The molecule has 0 aliphatic rings. The highest BCUT2D eigenvalue weighted by Crippen LogP contribution is 2.32. The van der Waals surface area contributed by atoms with Gasteiger partial charge in [-0.15, -0.1) is 0 Å². The van der Waals surface area contributed by atoms with Gasteiger partial charge in [-0.3, -0.25) is 0 Å². The number of aliphatic imine (C=N–C) groups is 1. The highest BCUT2D eigenvalue weighted by molar-refractivity contribution is 6.35. The normalized spacial score (nSPS) is 11.2. The molecule has 0 aliphatic carbocycles. The van der Waals surface area contributed by atoms with E-state index in [1.165, 1.54) is 6.07 Å². The van der Waals surface area contributed by atoms with Gasteiger partial charge in [0.1, 0.15) is 5.82 Å². The van der Waals surface area contributed by atoms with Crippen LogP contribution in [0.1, 0.15) is 18.1 Å². The highest BCUT2D eigenvalue weighted by atomic mass is 35.5. The molecule has 0 radical (unpaired) electrons. The van der Waals surface area contributed by atoms with Crippen LogP contribution in [0.2, 0.25) is 15.1 Å². The monoisotopic (exact) mass is 372 g/mol. The van der Waals surface area contributed by atoms with Gasteiger partial charge in [0.05, 0.1) is 22.1 Å². The maximum Gasteiger partial charge on any atom is 0.141 e. The van der Waals surface area contributed by atoms with Gasteiger partial charge in [-0.1, -0.05) is 40.9 Å². The Labute approximate surface area is 150 Å². The maximum absolute atomic E-state index is 13.2. The number of hydrogen-bond acceptors (Lipinski definition) is 1. The Balaban J connectivity index is 2.25. The van der Waals surface area contributed by atoms with E-state index >= 15 is 0 Å². The van der Waals surface area contributed by atoms with Gasteiger partial charge < -0.3 is 4.90 Å². The Morgan fingerprint density at radius 3 is 2.48 bits per heavy atom. The smallest absolute Gasteiger partial charge is 0.141 e. The molecule has 0 aliphatic heterocycles. The van der Waals surface area contributed by atoms with E-state index in [0.717, 1.165) is 17.7 Å². The van der Waals surface area contributed by atoms with Crippen molar-refractivity contribution < 1.29 is 4.39 Å². The van der Waals surface area contributed by atoms with Crippen LogP contribution < -0.4 is 0 Å². The zero-order valence-corrected chi connectivity index (χ0v) is 15.1. The Morgan fingerprint density at radius 2 is 1.83 bits per heavy atom. The molecule has 0 aromatic heterocycles. The molecule has 0 amide bonds. The quantitative estimate of drug-likeness (QED) is 0.464. The minimum absolute atomic E-state index is 0.0912. The van der Waals surface area contributed by atoms with E-state index in [-0.39, 0.29) is 5.02 Å². The van der Waals surface area contributed by atoms with Crippen molar-refractivity contribution in [2.75, 3.05) is 13.6 Å². The molecule has 0 saturated carbocycles.